The third-order valence-electron chi connectivity index (χ3n) is 4.26. The van der Waals surface area contributed by atoms with Gasteiger partial charge < -0.3 is 14.6 Å². The Morgan fingerprint density at radius 1 is 1.14 bits per heavy atom. The van der Waals surface area contributed by atoms with Crippen molar-refractivity contribution in [3.05, 3.63) is 56.0 Å². The number of ether oxygens (including phenoxy) is 2. The van der Waals surface area contributed by atoms with E-state index in [0.29, 0.717) is 32.1 Å². The molecule has 0 fully saturated rings. The number of thiophene rings is 1. The summed E-state index contributed by atoms with van der Waals surface area (Å²) in [6.07, 6.45) is 1.55. The van der Waals surface area contributed by atoms with E-state index >= 15 is 0 Å². The minimum Gasteiger partial charge on any atom is -0.506 e. The van der Waals surface area contributed by atoms with Gasteiger partial charge in [-0.3, -0.25) is 0 Å². The number of rotatable bonds is 5. The first kappa shape index (κ1) is 21.4. The lowest BCUT2D eigenvalue weighted by atomic mass is 10.1. The largest absolute Gasteiger partial charge is 0.506 e. The van der Waals surface area contributed by atoms with Crippen LogP contribution in [-0.2, 0) is 0 Å². The summed E-state index contributed by atoms with van der Waals surface area (Å²) in [5.41, 5.74) is 2.80. The van der Waals surface area contributed by atoms with Crippen LogP contribution in [-0.4, -0.2) is 25.5 Å². The Bertz CT molecular complexity index is 1150. The summed E-state index contributed by atoms with van der Waals surface area (Å²) in [7, 11) is 3.17. The third-order valence-corrected chi connectivity index (χ3v) is 6.58. The number of aromatic hydroxyl groups is 1. The van der Waals surface area contributed by atoms with E-state index in [-0.39, 0.29) is 5.75 Å². The summed E-state index contributed by atoms with van der Waals surface area (Å²) in [6.45, 7) is 1.90. The van der Waals surface area contributed by atoms with Crippen LogP contribution in [0.5, 0.6) is 17.2 Å². The van der Waals surface area contributed by atoms with Gasteiger partial charge in [0, 0.05) is 21.1 Å². The normalized spacial score (nSPS) is 10.9. The topological polar surface area (TPSA) is 74.8 Å². The van der Waals surface area contributed by atoms with Crippen molar-refractivity contribution in [1.29, 1.82) is 5.26 Å². The third kappa shape index (κ3) is 4.32. The number of phenolic OH excluding ortho intramolecular Hbond substituents is 1. The molecule has 148 valence electrons. The maximum absolute atomic E-state index is 10.2. The summed E-state index contributed by atoms with van der Waals surface area (Å²) in [4.78, 5) is 5.41. The lowest BCUT2D eigenvalue weighted by Crippen LogP contribution is -1.90. The number of hydrogen-bond donors (Lipinski definition) is 1. The molecule has 0 aliphatic rings. The summed E-state index contributed by atoms with van der Waals surface area (Å²) >= 11 is 8.12. The Morgan fingerprint density at radius 3 is 2.52 bits per heavy atom. The van der Waals surface area contributed by atoms with Gasteiger partial charge in [0.25, 0.3) is 0 Å². The van der Waals surface area contributed by atoms with Gasteiger partial charge in [-0.2, -0.15) is 5.26 Å². The molecule has 3 aromatic rings. The van der Waals surface area contributed by atoms with Crippen LogP contribution in [0.2, 0.25) is 0 Å². The number of nitriles is 1. The van der Waals surface area contributed by atoms with Crippen molar-refractivity contribution in [2.45, 2.75) is 6.92 Å². The Morgan fingerprint density at radius 2 is 1.86 bits per heavy atom. The van der Waals surface area contributed by atoms with E-state index in [1.165, 1.54) is 11.3 Å². The summed E-state index contributed by atoms with van der Waals surface area (Å²) < 4.78 is 12.0. The second-order valence-electron chi connectivity index (χ2n) is 6.00. The van der Waals surface area contributed by atoms with E-state index in [1.54, 1.807) is 32.6 Å². The standard InChI is InChI=1S/C21H16Br2N2O3S/c1-11-15(9-24)21(25-10-13-6-14(22)8-16(23)19(13)26)29-20(11)12-4-5-17(27-2)18(7-12)28-3/h4-8,10,26H,1-3H3. The molecule has 0 radical (unpaired) electrons. The molecule has 0 saturated carbocycles. The van der Waals surface area contributed by atoms with Crippen molar-refractivity contribution in [1.82, 2.24) is 0 Å². The van der Waals surface area contributed by atoms with Crippen molar-refractivity contribution >= 4 is 54.4 Å². The maximum Gasteiger partial charge on any atom is 0.161 e. The van der Waals surface area contributed by atoms with Crippen LogP contribution in [0.4, 0.5) is 5.00 Å². The quantitative estimate of drug-likeness (QED) is 0.374. The zero-order chi connectivity index (χ0) is 21.1. The van der Waals surface area contributed by atoms with E-state index in [1.807, 2.05) is 25.1 Å². The lowest BCUT2D eigenvalue weighted by Gasteiger charge is -2.09. The van der Waals surface area contributed by atoms with Gasteiger partial charge in [-0.1, -0.05) is 15.9 Å². The molecule has 0 saturated heterocycles. The van der Waals surface area contributed by atoms with Gasteiger partial charge in [-0.05, 0) is 64.3 Å². The molecule has 1 aromatic heterocycles. The molecule has 0 spiro atoms. The van der Waals surface area contributed by atoms with Crippen molar-refractivity contribution in [2.24, 2.45) is 4.99 Å². The number of phenols is 1. The highest BCUT2D eigenvalue weighted by molar-refractivity contribution is 9.11. The highest BCUT2D eigenvalue weighted by Gasteiger charge is 2.17. The number of aliphatic imine (C=N–C) groups is 1. The highest BCUT2D eigenvalue weighted by Crippen LogP contribution is 2.43. The van der Waals surface area contributed by atoms with Gasteiger partial charge in [0.05, 0.1) is 24.3 Å². The van der Waals surface area contributed by atoms with E-state index in [4.69, 9.17) is 9.47 Å². The fraction of sp³-hybridized carbons (Fsp3) is 0.143. The molecule has 8 heteroatoms. The average Bonchev–Trinajstić information content (AvgIpc) is 3.04. The predicted molar refractivity (Wildman–Crippen MR) is 123 cm³/mol. The van der Waals surface area contributed by atoms with Crippen LogP contribution < -0.4 is 9.47 Å². The number of hydrogen-bond acceptors (Lipinski definition) is 6. The molecule has 0 bridgehead atoms. The first-order valence-electron chi connectivity index (χ1n) is 8.37. The van der Waals surface area contributed by atoms with Crippen LogP contribution in [0.1, 0.15) is 16.7 Å². The number of benzene rings is 2. The van der Waals surface area contributed by atoms with Gasteiger partial charge >= 0.3 is 0 Å². The molecule has 5 nitrogen and oxygen atoms in total. The Balaban J connectivity index is 2.07. The zero-order valence-electron chi connectivity index (χ0n) is 15.8. The summed E-state index contributed by atoms with van der Waals surface area (Å²) in [5.74, 6) is 1.34. The smallest absolute Gasteiger partial charge is 0.161 e. The molecule has 0 atom stereocenters. The predicted octanol–water partition coefficient (Wildman–Crippen LogP) is 6.59. The first-order valence-corrected chi connectivity index (χ1v) is 10.8. The SMILES string of the molecule is COc1ccc(-c2sc(N=Cc3cc(Br)cc(Br)c3O)c(C#N)c2C)cc1OC. The Hall–Kier alpha value is -2.34. The van der Waals surface area contributed by atoms with Crippen LogP contribution >= 0.6 is 43.2 Å². The van der Waals surface area contributed by atoms with Gasteiger partial charge in [0.15, 0.2) is 11.5 Å². The molecule has 0 unspecified atom stereocenters. The van der Waals surface area contributed by atoms with Crippen molar-refractivity contribution in [2.75, 3.05) is 14.2 Å². The van der Waals surface area contributed by atoms with Crippen molar-refractivity contribution in [3.8, 4) is 33.8 Å². The molecule has 3 rings (SSSR count). The highest BCUT2D eigenvalue weighted by atomic mass is 79.9. The molecule has 0 aliphatic carbocycles. The zero-order valence-corrected chi connectivity index (χ0v) is 19.8. The van der Waals surface area contributed by atoms with E-state index in [0.717, 1.165) is 20.5 Å². The molecular weight excluding hydrogens is 520 g/mol. The monoisotopic (exact) mass is 534 g/mol. The minimum absolute atomic E-state index is 0.0869. The molecule has 1 N–H and O–H groups in total. The lowest BCUT2D eigenvalue weighted by molar-refractivity contribution is 0.355. The van der Waals surface area contributed by atoms with Crippen molar-refractivity contribution in [3.63, 3.8) is 0 Å². The molecule has 0 amide bonds. The second-order valence-corrected chi connectivity index (χ2v) is 8.77. The van der Waals surface area contributed by atoms with Crippen LogP contribution in [0.15, 0.2) is 44.3 Å². The minimum atomic E-state index is 0.0869. The molecule has 29 heavy (non-hydrogen) atoms. The van der Waals surface area contributed by atoms with Crippen LogP contribution in [0.25, 0.3) is 10.4 Å². The van der Waals surface area contributed by atoms with E-state index < -0.39 is 0 Å². The van der Waals surface area contributed by atoms with Gasteiger partial charge in [-0.15, -0.1) is 11.3 Å². The van der Waals surface area contributed by atoms with E-state index in [9.17, 15) is 10.4 Å². The fourth-order valence-electron chi connectivity index (χ4n) is 2.79. The summed E-state index contributed by atoms with van der Waals surface area (Å²) in [6, 6.07) is 11.4. The summed E-state index contributed by atoms with van der Waals surface area (Å²) in [5, 5.41) is 20.5. The van der Waals surface area contributed by atoms with Crippen molar-refractivity contribution < 1.29 is 14.6 Å². The molecule has 2 aromatic carbocycles. The number of nitrogens with zero attached hydrogens (tertiary/aromatic N) is 2. The Kier molecular flexibility index (Phi) is 6.63. The van der Waals surface area contributed by atoms with Crippen LogP contribution in [0, 0.1) is 18.3 Å². The number of methoxy groups -OCH3 is 2. The molecular formula is C21H16Br2N2O3S. The van der Waals surface area contributed by atoms with Gasteiger partial charge in [0.1, 0.15) is 16.8 Å². The van der Waals surface area contributed by atoms with Gasteiger partial charge in [-0.25, -0.2) is 4.99 Å². The average molecular weight is 536 g/mol. The number of halogens is 2. The molecule has 0 aliphatic heterocycles. The molecule has 1 heterocycles. The maximum atomic E-state index is 10.2. The van der Waals surface area contributed by atoms with Crippen LogP contribution in [0.3, 0.4) is 0 Å². The first-order chi connectivity index (χ1) is 13.9. The van der Waals surface area contributed by atoms with Gasteiger partial charge in [0.2, 0.25) is 0 Å². The Labute approximate surface area is 189 Å². The second kappa shape index (κ2) is 8.99. The fourth-order valence-corrected chi connectivity index (χ4v) is 5.14. The van der Waals surface area contributed by atoms with E-state index in [2.05, 4.69) is 42.9 Å².